The highest BCUT2D eigenvalue weighted by molar-refractivity contribution is 9.10. The average molecular weight is 312 g/mol. The molecule has 1 spiro atoms. The van der Waals surface area contributed by atoms with Crippen LogP contribution in [0.4, 0.5) is 0 Å². The van der Waals surface area contributed by atoms with E-state index in [1.165, 1.54) is 11.1 Å². The molecule has 1 atom stereocenters. The van der Waals surface area contributed by atoms with Gasteiger partial charge >= 0.3 is 0 Å². The molecule has 1 N–H and O–H groups in total. The summed E-state index contributed by atoms with van der Waals surface area (Å²) in [7, 11) is 0. The Morgan fingerprint density at radius 2 is 1.89 bits per heavy atom. The molecule has 0 aromatic heterocycles. The van der Waals surface area contributed by atoms with Crippen molar-refractivity contribution in [2.75, 3.05) is 13.1 Å². The summed E-state index contributed by atoms with van der Waals surface area (Å²) in [5.74, 6) is -0.380. The lowest BCUT2D eigenvalue weighted by molar-refractivity contribution is -0.248. The van der Waals surface area contributed by atoms with E-state index in [1.807, 2.05) is 0 Å². The molecule has 1 fully saturated rings. The fraction of sp³-hybridized carbons (Fsp3) is 0.571. The fourth-order valence-corrected chi connectivity index (χ4v) is 3.04. The van der Waals surface area contributed by atoms with E-state index in [1.54, 1.807) is 0 Å². The third kappa shape index (κ3) is 2.62. The third-order valence-electron chi connectivity index (χ3n) is 3.74. The minimum atomic E-state index is -0.380. The van der Waals surface area contributed by atoms with Crippen molar-refractivity contribution in [2.45, 2.75) is 38.3 Å². The van der Waals surface area contributed by atoms with Gasteiger partial charge in [0.2, 0.25) is 0 Å². The molecular formula is C14H18BrNO2. The highest BCUT2D eigenvalue weighted by atomic mass is 79.9. The minimum absolute atomic E-state index is 0.380. The lowest BCUT2D eigenvalue weighted by Crippen LogP contribution is -2.35. The van der Waals surface area contributed by atoms with Crippen LogP contribution >= 0.6 is 15.9 Å². The van der Waals surface area contributed by atoms with Crippen molar-refractivity contribution in [3.05, 3.63) is 33.8 Å². The molecule has 3 rings (SSSR count). The van der Waals surface area contributed by atoms with Crippen LogP contribution in [0.25, 0.3) is 0 Å². The molecule has 2 aliphatic rings. The van der Waals surface area contributed by atoms with Crippen LogP contribution in [-0.4, -0.2) is 18.9 Å². The Bertz CT molecular complexity index is 428. The first-order valence-electron chi connectivity index (χ1n) is 6.53. The molecule has 0 amide bonds. The molecule has 0 bridgehead atoms. The van der Waals surface area contributed by atoms with Crippen LogP contribution in [0.15, 0.2) is 22.7 Å². The molecule has 98 valence electrons. The maximum atomic E-state index is 6.11. The number of nitrogens with one attached hydrogen (secondary N) is 1. The van der Waals surface area contributed by atoms with Crippen LogP contribution in [0.5, 0.6) is 0 Å². The van der Waals surface area contributed by atoms with E-state index in [-0.39, 0.29) is 5.79 Å². The number of rotatable bonds is 0. The molecule has 1 unspecified atom stereocenters. The van der Waals surface area contributed by atoms with Gasteiger partial charge in [-0.2, -0.15) is 0 Å². The maximum absolute atomic E-state index is 6.11. The van der Waals surface area contributed by atoms with E-state index < -0.39 is 0 Å². The molecule has 1 aromatic carbocycles. The van der Waals surface area contributed by atoms with Gasteiger partial charge in [0.25, 0.3) is 0 Å². The predicted molar refractivity (Wildman–Crippen MR) is 73.2 cm³/mol. The summed E-state index contributed by atoms with van der Waals surface area (Å²) in [6.45, 7) is 3.34. The Morgan fingerprint density at radius 3 is 2.78 bits per heavy atom. The first kappa shape index (κ1) is 12.6. The molecule has 0 saturated carbocycles. The van der Waals surface area contributed by atoms with Crippen molar-refractivity contribution in [3.8, 4) is 0 Å². The molecule has 2 aliphatic heterocycles. The molecular weight excluding hydrogens is 294 g/mol. The second kappa shape index (κ2) is 5.29. The predicted octanol–water partition coefficient (Wildman–Crippen LogP) is 2.97. The molecule has 0 aliphatic carbocycles. The topological polar surface area (TPSA) is 30.5 Å². The lowest BCUT2D eigenvalue weighted by Gasteiger charge is -2.30. The third-order valence-corrected chi connectivity index (χ3v) is 4.24. The smallest absolute Gasteiger partial charge is 0.170 e. The quantitative estimate of drug-likeness (QED) is 0.799. The van der Waals surface area contributed by atoms with Gasteiger partial charge in [0.05, 0.1) is 13.2 Å². The average Bonchev–Trinajstić information content (AvgIpc) is 2.70. The van der Waals surface area contributed by atoms with Crippen LogP contribution in [-0.2, 0) is 22.7 Å². The first-order chi connectivity index (χ1) is 8.77. The molecule has 18 heavy (non-hydrogen) atoms. The molecule has 3 nitrogen and oxygen atoms in total. The van der Waals surface area contributed by atoms with Crippen molar-refractivity contribution in [3.63, 3.8) is 0 Å². The zero-order valence-corrected chi connectivity index (χ0v) is 12.0. The van der Waals surface area contributed by atoms with E-state index >= 15 is 0 Å². The van der Waals surface area contributed by atoms with Gasteiger partial charge in [0.1, 0.15) is 0 Å². The number of halogens is 1. The Morgan fingerprint density at radius 1 is 1.06 bits per heavy atom. The first-order valence-corrected chi connectivity index (χ1v) is 7.33. The Kier molecular flexibility index (Phi) is 3.71. The van der Waals surface area contributed by atoms with E-state index in [0.717, 1.165) is 36.8 Å². The highest BCUT2D eigenvalue weighted by Crippen LogP contribution is 2.33. The van der Waals surface area contributed by atoms with Crippen molar-refractivity contribution in [1.82, 2.24) is 5.32 Å². The summed E-state index contributed by atoms with van der Waals surface area (Å²) in [5, 5.41) is 3.40. The zero-order chi connectivity index (χ0) is 12.4. The highest BCUT2D eigenvalue weighted by Gasteiger charge is 2.35. The van der Waals surface area contributed by atoms with Crippen molar-refractivity contribution in [1.29, 1.82) is 0 Å². The van der Waals surface area contributed by atoms with Gasteiger partial charge in [-0.1, -0.05) is 22.0 Å². The number of fused-ring (bicyclic) bond motifs is 1. The largest absolute Gasteiger partial charge is 0.345 e. The van der Waals surface area contributed by atoms with Crippen LogP contribution in [0.1, 0.15) is 30.4 Å². The van der Waals surface area contributed by atoms with Crippen molar-refractivity contribution in [2.24, 2.45) is 0 Å². The number of ether oxygens (including phenoxy) is 2. The van der Waals surface area contributed by atoms with Crippen LogP contribution in [0.3, 0.4) is 0 Å². The molecule has 0 radical (unpaired) electrons. The van der Waals surface area contributed by atoms with Gasteiger partial charge < -0.3 is 14.8 Å². The summed E-state index contributed by atoms with van der Waals surface area (Å²) in [4.78, 5) is 0. The standard InChI is InChI=1S/C14H18BrNO2/c15-13-3-2-11-9-17-14(18-10-12(11)8-13)4-1-6-16-7-5-14/h2-3,8,16H,1,4-7,9-10H2. The second-order valence-corrected chi connectivity index (χ2v) is 5.92. The Labute approximate surface area is 116 Å². The van der Waals surface area contributed by atoms with Gasteiger partial charge in [-0.05, 0) is 36.2 Å². The van der Waals surface area contributed by atoms with E-state index in [2.05, 4.69) is 39.4 Å². The van der Waals surface area contributed by atoms with E-state index in [4.69, 9.17) is 9.47 Å². The van der Waals surface area contributed by atoms with Crippen LogP contribution in [0.2, 0.25) is 0 Å². The summed E-state index contributed by atoms with van der Waals surface area (Å²) in [6, 6.07) is 6.32. The van der Waals surface area contributed by atoms with E-state index in [0.29, 0.717) is 13.2 Å². The number of hydrogen-bond acceptors (Lipinski definition) is 3. The summed E-state index contributed by atoms with van der Waals surface area (Å²) >= 11 is 3.51. The summed E-state index contributed by atoms with van der Waals surface area (Å²) in [6.07, 6.45) is 3.03. The Balaban J connectivity index is 1.81. The SMILES string of the molecule is Brc1ccc2c(c1)COC1(CCCNCC1)OC2. The van der Waals surface area contributed by atoms with Crippen LogP contribution in [0, 0.1) is 0 Å². The molecule has 1 saturated heterocycles. The zero-order valence-electron chi connectivity index (χ0n) is 10.4. The van der Waals surface area contributed by atoms with Gasteiger partial charge in [0, 0.05) is 23.9 Å². The van der Waals surface area contributed by atoms with Gasteiger partial charge in [-0.25, -0.2) is 0 Å². The minimum Gasteiger partial charge on any atom is -0.345 e. The normalized spacial score (nSPS) is 28.5. The molecule has 2 heterocycles. The van der Waals surface area contributed by atoms with Gasteiger partial charge in [0.15, 0.2) is 5.79 Å². The fourth-order valence-electron chi connectivity index (χ4n) is 2.63. The lowest BCUT2D eigenvalue weighted by atomic mass is 10.1. The summed E-state index contributed by atoms with van der Waals surface area (Å²) < 4.78 is 13.3. The Hall–Kier alpha value is -0.420. The second-order valence-electron chi connectivity index (χ2n) is 5.00. The monoisotopic (exact) mass is 311 g/mol. The van der Waals surface area contributed by atoms with Gasteiger partial charge in [-0.3, -0.25) is 0 Å². The molecule has 1 aromatic rings. The van der Waals surface area contributed by atoms with Crippen molar-refractivity contribution >= 4 is 15.9 Å². The number of hydrogen-bond donors (Lipinski definition) is 1. The van der Waals surface area contributed by atoms with Crippen molar-refractivity contribution < 1.29 is 9.47 Å². The maximum Gasteiger partial charge on any atom is 0.170 e. The molecule has 4 heteroatoms. The van der Waals surface area contributed by atoms with Crippen LogP contribution < -0.4 is 5.32 Å². The van der Waals surface area contributed by atoms with Gasteiger partial charge in [-0.15, -0.1) is 0 Å². The van der Waals surface area contributed by atoms with E-state index in [9.17, 15) is 0 Å². The summed E-state index contributed by atoms with van der Waals surface area (Å²) in [5.41, 5.74) is 2.48. The number of benzene rings is 1.